The number of nitrogens with one attached hydrogen (secondary N) is 1. The van der Waals surface area contributed by atoms with Crippen LogP contribution in [0.1, 0.15) is 21.6 Å². The third kappa shape index (κ3) is 5.84. The molecule has 24 heavy (non-hydrogen) atoms. The minimum absolute atomic E-state index is 0.116. The molecular formula is C15H14F3N3O3. The fourth-order valence-electron chi connectivity index (χ4n) is 1.76. The average Bonchev–Trinajstić information content (AvgIpc) is 2.53. The lowest BCUT2D eigenvalue weighted by Gasteiger charge is -2.09. The number of aromatic nitrogens is 2. The molecule has 0 aliphatic carbocycles. The lowest BCUT2D eigenvalue weighted by molar-refractivity contribution is -0.176. The van der Waals surface area contributed by atoms with Gasteiger partial charge in [-0.2, -0.15) is 13.2 Å². The molecule has 0 saturated carbocycles. The fourth-order valence-corrected chi connectivity index (χ4v) is 1.76. The highest BCUT2D eigenvalue weighted by Gasteiger charge is 2.27. The van der Waals surface area contributed by atoms with Crippen LogP contribution in [0, 0.1) is 0 Å². The maximum Gasteiger partial charge on any atom is 0.411 e. The Morgan fingerprint density at radius 2 is 1.79 bits per heavy atom. The van der Waals surface area contributed by atoms with E-state index in [0.29, 0.717) is 17.9 Å². The maximum atomic E-state index is 12.0. The third-order valence-electron chi connectivity index (χ3n) is 2.90. The highest BCUT2D eigenvalue weighted by molar-refractivity contribution is 5.84. The molecule has 9 heteroatoms. The van der Waals surface area contributed by atoms with E-state index in [2.05, 4.69) is 20.0 Å². The Morgan fingerprint density at radius 3 is 2.33 bits per heavy atom. The maximum absolute atomic E-state index is 12.0. The number of nitrogens with zero attached hydrogens (tertiary/aromatic N) is 2. The molecule has 2 aromatic rings. The molecule has 0 bridgehead atoms. The Bertz CT molecular complexity index is 673. The van der Waals surface area contributed by atoms with Crippen molar-refractivity contribution < 1.29 is 27.8 Å². The molecule has 0 fully saturated rings. The summed E-state index contributed by atoms with van der Waals surface area (Å²) < 4.78 is 40.5. The van der Waals surface area contributed by atoms with Crippen LogP contribution < -0.4 is 5.32 Å². The normalized spacial score (nSPS) is 11.3. The minimum Gasteiger partial charge on any atom is -0.476 e. The quantitative estimate of drug-likeness (QED) is 0.806. The van der Waals surface area contributed by atoms with E-state index < -0.39 is 18.8 Å². The van der Waals surface area contributed by atoms with Crippen LogP contribution in [0.25, 0.3) is 0 Å². The molecule has 0 saturated heterocycles. The van der Waals surface area contributed by atoms with Gasteiger partial charge in [-0.15, -0.1) is 0 Å². The summed E-state index contributed by atoms with van der Waals surface area (Å²) in [6.45, 7) is -0.985. The van der Waals surface area contributed by atoms with Crippen molar-refractivity contribution in [3.05, 3.63) is 53.5 Å². The van der Waals surface area contributed by atoms with E-state index in [9.17, 15) is 18.0 Å². The van der Waals surface area contributed by atoms with E-state index in [1.54, 1.807) is 24.3 Å². The number of anilines is 1. The van der Waals surface area contributed by atoms with Gasteiger partial charge in [0.2, 0.25) is 0 Å². The molecule has 0 aliphatic rings. The summed E-state index contributed by atoms with van der Waals surface area (Å²) in [5, 5.41) is 11.7. The van der Waals surface area contributed by atoms with Gasteiger partial charge in [-0.05, 0) is 11.1 Å². The number of carboxylic acids is 1. The number of ether oxygens (including phenoxy) is 1. The molecule has 0 atom stereocenters. The summed E-state index contributed by atoms with van der Waals surface area (Å²) >= 11 is 0. The van der Waals surface area contributed by atoms with Crippen molar-refractivity contribution in [2.24, 2.45) is 0 Å². The number of halogens is 3. The summed E-state index contributed by atoms with van der Waals surface area (Å²) in [7, 11) is 0. The molecule has 6 nitrogen and oxygen atoms in total. The van der Waals surface area contributed by atoms with E-state index in [1.165, 1.54) is 6.20 Å². The van der Waals surface area contributed by atoms with Crippen LogP contribution in [0.2, 0.25) is 0 Å². The third-order valence-corrected chi connectivity index (χ3v) is 2.90. The molecule has 1 aromatic carbocycles. The molecule has 0 radical (unpaired) electrons. The molecule has 0 aliphatic heterocycles. The monoisotopic (exact) mass is 341 g/mol. The van der Waals surface area contributed by atoms with Crippen molar-refractivity contribution in [1.82, 2.24) is 9.97 Å². The molecular weight excluding hydrogens is 327 g/mol. The molecule has 2 N–H and O–H groups in total. The molecule has 1 aromatic heterocycles. The van der Waals surface area contributed by atoms with Crippen LogP contribution in [-0.2, 0) is 17.9 Å². The number of rotatable bonds is 7. The van der Waals surface area contributed by atoms with Gasteiger partial charge in [0.15, 0.2) is 5.69 Å². The van der Waals surface area contributed by atoms with E-state index >= 15 is 0 Å². The first kappa shape index (κ1) is 17.7. The van der Waals surface area contributed by atoms with E-state index in [0.717, 1.165) is 11.8 Å². The standard InChI is InChI=1S/C15H14F3N3O3/c16-15(17,18)9-24-8-11-3-1-10(2-4-11)5-20-13-7-19-12(6-21-13)14(22)23/h1-4,6-7H,5,8-9H2,(H,20,21)(H,22,23). The highest BCUT2D eigenvalue weighted by atomic mass is 19.4. The summed E-state index contributed by atoms with van der Waals surface area (Å²) in [5.74, 6) is -0.741. The van der Waals surface area contributed by atoms with Crippen LogP contribution in [0.5, 0.6) is 0 Å². The first-order chi connectivity index (χ1) is 11.3. The van der Waals surface area contributed by atoms with Crippen molar-refractivity contribution in [3.63, 3.8) is 0 Å². The van der Waals surface area contributed by atoms with Gasteiger partial charge in [0, 0.05) is 6.54 Å². The molecule has 1 heterocycles. The van der Waals surface area contributed by atoms with Crippen LogP contribution in [0.4, 0.5) is 19.0 Å². The average molecular weight is 341 g/mol. The largest absolute Gasteiger partial charge is 0.476 e. The van der Waals surface area contributed by atoms with Gasteiger partial charge in [0.05, 0.1) is 19.0 Å². The topological polar surface area (TPSA) is 84.3 Å². The van der Waals surface area contributed by atoms with Gasteiger partial charge >= 0.3 is 12.1 Å². The van der Waals surface area contributed by atoms with Crippen molar-refractivity contribution in [2.45, 2.75) is 19.3 Å². The van der Waals surface area contributed by atoms with Crippen LogP contribution in [0.3, 0.4) is 0 Å². The van der Waals surface area contributed by atoms with Crippen LogP contribution in [-0.4, -0.2) is 33.8 Å². The second kappa shape index (κ2) is 7.73. The summed E-state index contributed by atoms with van der Waals surface area (Å²) in [4.78, 5) is 18.3. The SMILES string of the molecule is O=C(O)c1cnc(NCc2ccc(COCC(F)(F)F)cc2)cn1. The first-order valence-electron chi connectivity index (χ1n) is 6.85. The predicted octanol–water partition coefficient (Wildman–Crippen LogP) is 2.87. The van der Waals surface area contributed by atoms with Crippen molar-refractivity contribution in [2.75, 3.05) is 11.9 Å². The predicted molar refractivity (Wildman–Crippen MR) is 78.5 cm³/mol. The zero-order chi connectivity index (χ0) is 17.6. The zero-order valence-electron chi connectivity index (χ0n) is 12.4. The lowest BCUT2D eigenvalue weighted by atomic mass is 10.1. The molecule has 0 amide bonds. The highest BCUT2D eigenvalue weighted by Crippen LogP contribution is 2.16. The summed E-state index contributed by atoms with van der Waals surface area (Å²) in [5.41, 5.74) is 1.36. The lowest BCUT2D eigenvalue weighted by Crippen LogP contribution is -2.16. The molecule has 128 valence electrons. The zero-order valence-corrected chi connectivity index (χ0v) is 12.4. The van der Waals surface area contributed by atoms with Crippen molar-refractivity contribution in [1.29, 1.82) is 0 Å². The fraction of sp³-hybridized carbons (Fsp3) is 0.267. The smallest absolute Gasteiger partial charge is 0.411 e. The van der Waals surface area contributed by atoms with Gasteiger partial charge in [-0.25, -0.2) is 14.8 Å². The van der Waals surface area contributed by atoms with Crippen LogP contribution in [0.15, 0.2) is 36.7 Å². The summed E-state index contributed by atoms with van der Waals surface area (Å²) in [6, 6.07) is 6.84. The van der Waals surface area contributed by atoms with E-state index in [1.807, 2.05) is 0 Å². The number of hydrogen-bond acceptors (Lipinski definition) is 5. The Kier molecular flexibility index (Phi) is 5.69. The minimum atomic E-state index is -4.33. The van der Waals surface area contributed by atoms with Gasteiger partial charge < -0.3 is 15.2 Å². The molecule has 0 spiro atoms. The summed E-state index contributed by atoms with van der Waals surface area (Å²) in [6.07, 6.45) is -1.88. The Hall–Kier alpha value is -2.68. The van der Waals surface area contributed by atoms with Crippen molar-refractivity contribution >= 4 is 11.8 Å². The Labute approximate surface area is 135 Å². The number of alkyl halides is 3. The van der Waals surface area contributed by atoms with Crippen LogP contribution >= 0.6 is 0 Å². The number of hydrogen-bond donors (Lipinski definition) is 2. The van der Waals surface area contributed by atoms with Gasteiger partial charge in [0.25, 0.3) is 0 Å². The number of benzene rings is 1. The van der Waals surface area contributed by atoms with Crippen molar-refractivity contribution in [3.8, 4) is 0 Å². The van der Waals surface area contributed by atoms with E-state index in [4.69, 9.17) is 5.11 Å². The molecule has 0 unspecified atom stereocenters. The van der Waals surface area contributed by atoms with Gasteiger partial charge in [-0.1, -0.05) is 24.3 Å². The first-order valence-corrected chi connectivity index (χ1v) is 6.85. The Morgan fingerprint density at radius 1 is 1.12 bits per heavy atom. The second-order valence-electron chi connectivity index (χ2n) is 4.87. The van der Waals surface area contributed by atoms with Gasteiger partial charge in [0.1, 0.15) is 12.4 Å². The second-order valence-corrected chi connectivity index (χ2v) is 4.87. The number of aromatic carboxylic acids is 1. The van der Waals surface area contributed by atoms with Gasteiger partial charge in [-0.3, -0.25) is 0 Å². The Balaban J connectivity index is 1.82. The van der Waals surface area contributed by atoms with E-state index in [-0.39, 0.29) is 12.3 Å². The number of carbonyl (C=O) groups is 1. The number of carboxylic acid groups (broad SMARTS) is 1. The molecule has 2 rings (SSSR count).